The van der Waals surface area contributed by atoms with Crippen LogP contribution < -0.4 is 0 Å². The molecule has 3 heteroatoms. The summed E-state index contributed by atoms with van der Waals surface area (Å²) in [4.78, 5) is 4.43. The van der Waals surface area contributed by atoms with Crippen LogP contribution in [0.1, 0.15) is 36.9 Å². The highest BCUT2D eigenvalue weighted by Crippen LogP contribution is 2.26. The van der Waals surface area contributed by atoms with E-state index in [9.17, 15) is 0 Å². The molecule has 1 aromatic heterocycles. The second-order valence-corrected chi connectivity index (χ2v) is 4.99. The van der Waals surface area contributed by atoms with Crippen LogP contribution in [-0.2, 0) is 12.8 Å². The fourth-order valence-electron chi connectivity index (χ4n) is 1.93. The third kappa shape index (κ3) is 2.29. The van der Waals surface area contributed by atoms with Gasteiger partial charge in [-0.25, -0.2) is 4.98 Å². The molecule has 0 saturated heterocycles. The molecule has 1 aliphatic carbocycles. The first kappa shape index (κ1) is 10.4. The highest BCUT2D eigenvalue weighted by atomic mass is 79.9. The molecule has 1 heterocycles. The normalized spacial score (nSPS) is 17.0. The summed E-state index contributed by atoms with van der Waals surface area (Å²) < 4.78 is 0.929. The van der Waals surface area contributed by atoms with Crippen LogP contribution in [0.5, 0.6) is 0 Å². The van der Waals surface area contributed by atoms with E-state index in [1.54, 1.807) is 0 Å². The van der Waals surface area contributed by atoms with Gasteiger partial charge in [-0.1, -0.05) is 24.4 Å². The second kappa shape index (κ2) is 4.63. The van der Waals surface area contributed by atoms with Crippen molar-refractivity contribution < 1.29 is 0 Å². The van der Waals surface area contributed by atoms with E-state index in [1.807, 2.05) is 0 Å². The largest absolute Gasteiger partial charge is 0.240 e. The van der Waals surface area contributed by atoms with Gasteiger partial charge in [0.15, 0.2) is 0 Å². The molecule has 1 aromatic rings. The summed E-state index contributed by atoms with van der Waals surface area (Å²) in [5.74, 6) is 0. The van der Waals surface area contributed by atoms with Crippen molar-refractivity contribution in [3.63, 3.8) is 0 Å². The Morgan fingerprint density at radius 3 is 2.64 bits per heavy atom. The number of hydrogen-bond acceptors (Lipinski definition) is 1. The Morgan fingerprint density at radius 2 is 1.86 bits per heavy atom. The van der Waals surface area contributed by atoms with Crippen LogP contribution >= 0.6 is 27.5 Å². The first-order valence-corrected chi connectivity index (χ1v) is 6.28. The third-order valence-corrected chi connectivity index (χ3v) is 3.83. The van der Waals surface area contributed by atoms with Crippen LogP contribution in [0.25, 0.3) is 0 Å². The summed E-state index contributed by atoms with van der Waals surface area (Å²) in [5.41, 5.74) is 2.58. The molecule has 0 fully saturated rings. The number of rotatable bonds is 0. The molecule has 1 nitrogen and oxygen atoms in total. The summed E-state index contributed by atoms with van der Waals surface area (Å²) in [6, 6.07) is 2.13. The molecule has 76 valence electrons. The molecule has 0 aliphatic heterocycles. The molecule has 0 spiro atoms. The smallest absolute Gasteiger partial charge is 0.143 e. The summed E-state index contributed by atoms with van der Waals surface area (Å²) >= 11 is 9.41. The SMILES string of the molecule is Clc1nc2c(cc1Br)CCCCCC2. The van der Waals surface area contributed by atoms with Gasteiger partial charge in [0.1, 0.15) is 5.15 Å². The highest BCUT2D eigenvalue weighted by molar-refractivity contribution is 9.10. The molecular formula is C11H13BrClN. The van der Waals surface area contributed by atoms with Crippen LogP contribution in [0.15, 0.2) is 10.5 Å². The van der Waals surface area contributed by atoms with E-state index in [0.717, 1.165) is 17.3 Å². The fraction of sp³-hybridized carbons (Fsp3) is 0.545. The Balaban J connectivity index is 2.35. The molecule has 0 radical (unpaired) electrons. The summed E-state index contributed by atoms with van der Waals surface area (Å²) in [6.45, 7) is 0. The van der Waals surface area contributed by atoms with E-state index < -0.39 is 0 Å². The molecule has 0 aromatic carbocycles. The fourth-order valence-corrected chi connectivity index (χ4v) is 2.46. The zero-order valence-corrected chi connectivity index (χ0v) is 10.4. The monoisotopic (exact) mass is 273 g/mol. The van der Waals surface area contributed by atoms with E-state index in [4.69, 9.17) is 11.6 Å². The van der Waals surface area contributed by atoms with Crippen molar-refractivity contribution in [1.29, 1.82) is 0 Å². The first-order valence-electron chi connectivity index (χ1n) is 5.11. The number of nitrogens with zero attached hydrogens (tertiary/aromatic N) is 1. The van der Waals surface area contributed by atoms with Gasteiger partial charge in [-0.3, -0.25) is 0 Å². The zero-order valence-electron chi connectivity index (χ0n) is 8.02. The van der Waals surface area contributed by atoms with Crippen LogP contribution in [0.3, 0.4) is 0 Å². The molecular weight excluding hydrogens is 261 g/mol. The maximum absolute atomic E-state index is 5.98. The van der Waals surface area contributed by atoms with Crippen molar-refractivity contribution in [2.24, 2.45) is 0 Å². The third-order valence-electron chi connectivity index (χ3n) is 2.71. The Morgan fingerprint density at radius 1 is 1.14 bits per heavy atom. The van der Waals surface area contributed by atoms with Crippen molar-refractivity contribution in [3.8, 4) is 0 Å². The topological polar surface area (TPSA) is 12.9 Å². The van der Waals surface area contributed by atoms with Gasteiger partial charge in [0, 0.05) is 5.69 Å². The Hall–Kier alpha value is -0.0800. The lowest BCUT2D eigenvalue weighted by Gasteiger charge is -2.13. The van der Waals surface area contributed by atoms with Gasteiger partial charge in [-0.15, -0.1) is 0 Å². The lowest BCUT2D eigenvalue weighted by atomic mass is 9.97. The van der Waals surface area contributed by atoms with Gasteiger partial charge in [0.25, 0.3) is 0 Å². The molecule has 0 amide bonds. The number of aromatic nitrogens is 1. The number of hydrogen-bond donors (Lipinski definition) is 0. The number of pyridine rings is 1. The lowest BCUT2D eigenvalue weighted by Crippen LogP contribution is -2.02. The van der Waals surface area contributed by atoms with Gasteiger partial charge >= 0.3 is 0 Å². The number of fused-ring (bicyclic) bond motifs is 1. The lowest BCUT2D eigenvalue weighted by molar-refractivity contribution is 0.608. The molecule has 0 bridgehead atoms. The van der Waals surface area contributed by atoms with Crippen molar-refractivity contribution in [2.75, 3.05) is 0 Å². The molecule has 14 heavy (non-hydrogen) atoms. The number of aryl methyl sites for hydroxylation is 2. The Labute approximate surface area is 98.0 Å². The summed E-state index contributed by atoms with van der Waals surface area (Å²) in [7, 11) is 0. The van der Waals surface area contributed by atoms with Gasteiger partial charge in [-0.05, 0) is 53.2 Å². The molecule has 0 unspecified atom stereocenters. The standard InChI is InChI=1S/C11H13BrClN/c12-9-7-8-5-3-1-2-4-6-10(8)14-11(9)13/h7H,1-6H2. The Kier molecular flexibility index (Phi) is 3.45. The molecule has 1 aliphatic rings. The molecule has 0 N–H and O–H groups in total. The maximum atomic E-state index is 5.98. The van der Waals surface area contributed by atoms with Gasteiger partial charge in [0.05, 0.1) is 4.47 Å². The minimum Gasteiger partial charge on any atom is -0.240 e. The van der Waals surface area contributed by atoms with Gasteiger partial charge < -0.3 is 0 Å². The number of halogens is 2. The highest BCUT2D eigenvalue weighted by Gasteiger charge is 2.10. The zero-order chi connectivity index (χ0) is 9.97. The van der Waals surface area contributed by atoms with Crippen LogP contribution in [0, 0.1) is 0 Å². The minimum atomic E-state index is 0.601. The van der Waals surface area contributed by atoms with E-state index in [0.29, 0.717) is 5.15 Å². The van der Waals surface area contributed by atoms with E-state index >= 15 is 0 Å². The predicted octanol–water partition coefficient (Wildman–Crippen LogP) is 4.16. The maximum Gasteiger partial charge on any atom is 0.143 e. The first-order chi connectivity index (χ1) is 6.77. The van der Waals surface area contributed by atoms with Crippen molar-refractivity contribution in [2.45, 2.75) is 38.5 Å². The van der Waals surface area contributed by atoms with E-state index in [2.05, 4.69) is 27.0 Å². The molecule has 2 rings (SSSR count). The van der Waals surface area contributed by atoms with Gasteiger partial charge in [-0.2, -0.15) is 0 Å². The summed E-state index contributed by atoms with van der Waals surface area (Å²) in [6.07, 6.45) is 7.44. The van der Waals surface area contributed by atoms with E-state index in [-0.39, 0.29) is 0 Å². The van der Waals surface area contributed by atoms with Gasteiger partial charge in [0.2, 0.25) is 0 Å². The van der Waals surface area contributed by atoms with Crippen molar-refractivity contribution >= 4 is 27.5 Å². The Bertz CT molecular complexity index is 305. The van der Waals surface area contributed by atoms with Crippen molar-refractivity contribution in [3.05, 3.63) is 26.9 Å². The van der Waals surface area contributed by atoms with Crippen LogP contribution in [0.2, 0.25) is 5.15 Å². The molecule has 0 atom stereocenters. The molecule has 0 saturated carbocycles. The van der Waals surface area contributed by atoms with E-state index in [1.165, 1.54) is 36.9 Å². The average molecular weight is 275 g/mol. The second-order valence-electron chi connectivity index (χ2n) is 3.78. The summed E-state index contributed by atoms with van der Waals surface area (Å²) in [5, 5.41) is 0.601. The quantitative estimate of drug-likeness (QED) is 0.648. The van der Waals surface area contributed by atoms with Crippen molar-refractivity contribution in [1.82, 2.24) is 4.98 Å². The van der Waals surface area contributed by atoms with Crippen LogP contribution in [-0.4, -0.2) is 4.98 Å². The minimum absolute atomic E-state index is 0.601. The average Bonchev–Trinajstić information content (AvgIpc) is 2.13. The van der Waals surface area contributed by atoms with Crippen LogP contribution in [0.4, 0.5) is 0 Å². The predicted molar refractivity (Wildman–Crippen MR) is 62.8 cm³/mol.